The van der Waals surface area contributed by atoms with Gasteiger partial charge in [0.1, 0.15) is 5.82 Å². The number of ether oxygens (including phenoxy) is 1. The number of anilines is 2. The second-order valence-electron chi connectivity index (χ2n) is 9.88. The van der Waals surface area contributed by atoms with E-state index in [9.17, 15) is 9.18 Å². The molecule has 1 aromatic carbocycles. The predicted molar refractivity (Wildman–Crippen MR) is 146 cm³/mol. The van der Waals surface area contributed by atoms with Gasteiger partial charge in [-0.3, -0.25) is 4.79 Å². The summed E-state index contributed by atoms with van der Waals surface area (Å²) < 4.78 is 18.8. The molecular formula is C28H36FN7O2. The molecule has 3 aromatic rings. The van der Waals surface area contributed by atoms with E-state index >= 15 is 0 Å². The van der Waals surface area contributed by atoms with Crippen LogP contribution in [0.1, 0.15) is 48.4 Å². The van der Waals surface area contributed by atoms with E-state index in [-0.39, 0.29) is 23.9 Å². The van der Waals surface area contributed by atoms with Crippen LogP contribution < -0.4 is 15.1 Å². The van der Waals surface area contributed by atoms with E-state index in [4.69, 9.17) is 14.7 Å². The second kappa shape index (κ2) is 12.3. The summed E-state index contributed by atoms with van der Waals surface area (Å²) >= 11 is 0. The Morgan fingerprint density at radius 3 is 2.45 bits per heavy atom. The highest BCUT2D eigenvalue weighted by Crippen LogP contribution is 2.29. The smallest absolute Gasteiger partial charge is 0.253 e. The van der Waals surface area contributed by atoms with Crippen molar-refractivity contribution in [3.05, 3.63) is 59.3 Å². The molecule has 3 heterocycles. The zero-order valence-corrected chi connectivity index (χ0v) is 22.7. The molecule has 9 nitrogen and oxygen atoms in total. The first-order valence-corrected chi connectivity index (χ1v) is 13.0. The average molecular weight is 522 g/mol. The Bertz CT molecular complexity index is 1220. The number of carbonyl (C=O) groups excluding carboxylic acids is 1. The fourth-order valence-electron chi connectivity index (χ4n) is 4.73. The van der Waals surface area contributed by atoms with Gasteiger partial charge < -0.3 is 19.9 Å². The van der Waals surface area contributed by atoms with Gasteiger partial charge in [0.15, 0.2) is 5.82 Å². The van der Waals surface area contributed by atoms with Gasteiger partial charge in [0.25, 0.3) is 5.91 Å². The summed E-state index contributed by atoms with van der Waals surface area (Å²) in [5, 5.41) is 11.2. The van der Waals surface area contributed by atoms with Crippen LogP contribution in [0.25, 0.3) is 11.1 Å². The first-order chi connectivity index (χ1) is 18.2. The molecule has 0 spiro atoms. The van der Waals surface area contributed by atoms with Gasteiger partial charge in [0.05, 0.1) is 35.9 Å². The molecule has 1 fully saturated rings. The van der Waals surface area contributed by atoms with Crippen LogP contribution in [0.2, 0.25) is 0 Å². The number of halogens is 1. The Morgan fingerprint density at radius 2 is 1.82 bits per heavy atom. The van der Waals surface area contributed by atoms with Gasteiger partial charge >= 0.3 is 0 Å². The topological polar surface area (TPSA) is 96.4 Å². The van der Waals surface area contributed by atoms with Crippen molar-refractivity contribution in [3.63, 3.8) is 0 Å². The minimum Gasteiger partial charge on any atom is -0.377 e. The van der Waals surface area contributed by atoms with Crippen LogP contribution in [0.4, 0.5) is 16.2 Å². The lowest BCUT2D eigenvalue weighted by Crippen LogP contribution is -2.44. The molecule has 4 rings (SSSR count). The van der Waals surface area contributed by atoms with Crippen LogP contribution in [0, 0.1) is 19.7 Å². The molecule has 0 aliphatic carbocycles. The first kappa shape index (κ1) is 27.4. The van der Waals surface area contributed by atoms with E-state index in [1.54, 1.807) is 18.2 Å². The van der Waals surface area contributed by atoms with Crippen LogP contribution in [0.5, 0.6) is 0 Å². The molecule has 1 amide bonds. The van der Waals surface area contributed by atoms with Gasteiger partial charge in [-0.15, -0.1) is 5.10 Å². The van der Waals surface area contributed by atoms with Crippen molar-refractivity contribution < 1.29 is 13.9 Å². The lowest BCUT2D eigenvalue weighted by molar-refractivity contribution is 0.0746. The maximum absolute atomic E-state index is 13.4. The monoisotopic (exact) mass is 521 g/mol. The lowest BCUT2D eigenvalue weighted by Gasteiger charge is -2.37. The highest BCUT2D eigenvalue weighted by molar-refractivity contribution is 5.94. The maximum atomic E-state index is 13.4. The van der Waals surface area contributed by atoms with Gasteiger partial charge in [0, 0.05) is 38.3 Å². The SMILES string of the molecule is Cc1nc(N2CCC(N(C)c3cc(C(=O)NCCOC(C)C)cnn3)CC2)nc(C)c1-c1ccc(F)cc1. The van der Waals surface area contributed by atoms with Crippen molar-refractivity contribution in [2.45, 2.75) is 52.7 Å². The Labute approximate surface area is 223 Å². The van der Waals surface area contributed by atoms with Crippen molar-refractivity contribution >= 4 is 17.7 Å². The van der Waals surface area contributed by atoms with Crippen LogP contribution in [0.3, 0.4) is 0 Å². The Hall–Kier alpha value is -3.66. The average Bonchev–Trinajstić information content (AvgIpc) is 2.91. The van der Waals surface area contributed by atoms with Crippen LogP contribution in [-0.4, -0.2) is 71.5 Å². The molecule has 1 saturated heterocycles. The molecule has 0 saturated carbocycles. The molecule has 1 aliphatic rings. The number of amides is 1. The standard InChI is InChI=1S/C28H36FN7O2/c1-18(2)38-15-12-30-27(37)22-16-25(34-31-17-22)35(5)24-10-13-36(14-11-24)28-32-19(3)26(20(4)33-28)21-6-8-23(29)9-7-21/h6-9,16-18,24H,10-15H2,1-5H3,(H,30,37). The van der Waals surface area contributed by atoms with Crippen LogP contribution >= 0.6 is 0 Å². The van der Waals surface area contributed by atoms with Gasteiger partial charge in [-0.2, -0.15) is 5.10 Å². The molecular weight excluding hydrogens is 485 g/mol. The number of nitrogens with zero attached hydrogens (tertiary/aromatic N) is 6. The van der Waals surface area contributed by atoms with Crippen molar-refractivity contribution in [1.82, 2.24) is 25.5 Å². The number of carbonyl (C=O) groups is 1. The van der Waals surface area contributed by atoms with Gasteiger partial charge in [-0.25, -0.2) is 14.4 Å². The quantitative estimate of drug-likeness (QED) is 0.423. The third-order valence-corrected chi connectivity index (χ3v) is 6.79. The Kier molecular flexibility index (Phi) is 8.83. The Morgan fingerprint density at radius 1 is 1.16 bits per heavy atom. The molecule has 2 aromatic heterocycles. The summed E-state index contributed by atoms with van der Waals surface area (Å²) in [6, 6.07) is 8.47. The molecule has 0 atom stereocenters. The summed E-state index contributed by atoms with van der Waals surface area (Å²) in [7, 11) is 1.99. The van der Waals surface area contributed by atoms with Gasteiger partial charge in [-0.05, 0) is 64.3 Å². The zero-order valence-electron chi connectivity index (χ0n) is 22.7. The highest BCUT2D eigenvalue weighted by atomic mass is 19.1. The number of aromatic nitrogens is 4. The summed E-state index contributed by atoms with van der Waals surface area (Å²) in [5.74, 6) is 0.930. The maximum Gasteiger partial charge on any atom is 0.253 e. The van der Waals surface area contributed by atoms with E-state index in [0.717, 1.165) is 48.4 Å². The van der Waals surface area contributed by atoms with E-state index < -0.39 is 0 Å². The number of benzene rings is 1. The molecule has 202 valence electrons. The van der Waals surface area contributed by atoms with Gasteiger partial charge in [-0.1, -0.05) is 12.1 Å². The number of aryl methyl sites for hydroxylation is 2. The van der Waals surface area contributed by atoms with Crippen molar-refractivity contribution in [2.24, 2.45) is 0 Å². The number of rotatable bonds is 9. The fraction of sp³-hybridized carbons (Fsp3) is 0.464. The fourth-order valence-corrected chi connectivity index (χ4v) is 4.73. The van der Waals surface area contributed by atoms with Crippen molar-refractivity contribution in [1.29, 1.82) is 0 Å². The molecule has 0 unspecified atom stereocenters. The largest absolute Gasteiger partial charge is 0.377 e. The molecule has 1 aliphatic heterocycles. The summed E-state index contributed by atoms with van der Waals surface area (Å²) in [4.78, 5) is 26.4. The number of hydrogen-bond donors (Lipinski definition) is 1. The number of piperidine rings is 1. The minimum atomic E-state index is -0.261. The third-order valence-electron chi connectivity index (χ3n) is 6.79. The van der Waals surface area contributed by atoms with Crippen molar-refractivity contribution in [3.8, 4) is 11.1 Å². The molecule has 1 N–H and O–H groups in total. The molecule has 0 radical (unpaired) electrons. The second-order valence-corrected chi connectivity index (χ2v) is 9.88. The van der Waals surface area contributed by atoms with E-state index in [2.05, 4.69) is 25.3 Å². The van der Waals surface area contributed by atoms with E-state index in [1.807, 2.05) is 34.7 Å². The third kappa shape index (κ3) is 6.61. The lowest BCUT2D eigenvalue weighted by atomic mass is 10.0. The number of nitrogens with one attached hydrogen (secondary N) is 1. The minimum absolute atomic E-state index is 0.126. The first-order valence-electron chi connectivity index (χ1n) is 13.0. The summed E-state index contributed by atoms with van der Waals surface area (Å²) in [5.41, 5.74) is 4.08. The molecule has 0 bridgehead atoms. The normalized spacial score (nSPS) is 14.1. The van der Waals surface area contributed by atoms with Crippen molar-refractivity contribution in [2.75, 3.05) is 43.1 Å². The number of hydrogen-bond acceptors (Lipinski definition) is 8. The van der Waals surface area contributed by atoms with E-state index in [0.29, 0.717) is 30.5 Å². The van der Waals surface area contributed by atoms with E-state index in [1.165, 1.54) is 18.3 Å². The Balaban J connectivity index is 1.37. The van der Waals surface area contributed by atoms with Crippen LogP contribution in [0.15, 0.2) is 36.5 Å². The molecule has 38 heavy (non-hydrogen) atoms. The van der Waals surface area contributed by atoms with Crippen LogP contribution in [-0.2, 0) is 4.74 Å². The predicted octanol–water partition coefficient (Wildman–Crippen LogP) is 3.95. The zero-order chi connectivity index (χ0) is 27.2. The molecule has 10 heteroatoms. The summed E-state index contributed by atoms with van der Waals surface area (Å²) in [6.07, 6.45) is 3.39. The highest BCUT2D eigenvalue weighted by Gasteiger charge is 2.26. The van der Waals surface area contributed by atoms with Gasteiger partial charge in [0.2, 0.25) is 5.95 Å². The summed E-state index contributed by atoms with van der Waals surface area (Å²) in [6.45, 7) is 10.4.